The summed E-state index contributed by atoms with van der Waals surface area (Å²) >= 11 is 7.76. The predicted octanol–water partition coefficient (Wildman–Crippen LogP) is 4.52. The molecule has 0 spiro atoms. The van der Waals surface area contributed by atoms with Crippen LogP contribution in [0.2, 0.25) is 5.02 Å². The Hall–Kier alpha value is -2.24. The lowest BCUT2D eigenvalue weighted by atomic mass is 10.1. The van der Waals surface area contributed by atoms with Crippen molar-refractivity contribution in [1.29, 1.82) is 0 Å². The van der Waals surface area contributed by atoms with Gasteiger partial charge < -0.3 is 4.90 Å². The summed E-state index contributed by atoms with van der Waals surface area (Å²) in [6.45, 7) is 0.462. The van der Waals surface area contributed by atoms with E-state index in [-0.39, 0.29) is 5.91 Å². The first-order valence-electron chi connectivity index (χ1n) is 7.77. The van der Waals surface area contributed by atoms with Crippen LogP contribution in [0.5, 0.6) is 0 Å². The van der Waals surface area contributed by atoms with Crippen LogP contribution in [0.1, 0.15) is 15.9 Å². The SMILES string of the molecule is CSc1nccn1-c1cccc(C(=O)N(C)Cc2ccccc2Cl)c1. The second-order valence-electron chi connectivity index (χ2n) is 5.59. The van der Waals surface area contributed by atoms with E-state index in [1.807, 2.05) is 65.6 Å². The van der Waals surface area contributed by atoms with Gasteiger partial charge in [-0.25, -0.2) is 4.98 Å². The topological polar surface area (TPSA) is 38.1 Å². The number of carbonyl (C=O) groups excluding carboxylic acids is 1. The lowest BCUT2D eigenvalue weighted by Gasteiger charge is -2.18. The Balaban J connectivity index is 1.83. The fourth-order valence-corrected chi connectivity index (χ4v) is 3.33. The molecule has 1 heterocycles. The number of imidazole rings is 1. The zero-order chi connectivity index (χ0) is 17.8. The van der Waals surface area contributed by atoms with E-state index in [2.05, 4.69) is 4.98 Å². The van der Waals surface area contributed by atoms with Crippen molar-refractivity contribution < 1.29 is 4.79 Å². The molecule has 128 valence electrons. The Morgan fingerprint density at radius 1 is 1.24 bits per heavy atom. The Kier molecular flexibility index (Phi) is 5.46. The summed E-state index contributed by atoms with van der Waals surface area (Å²) in [7, 11) is 1.78. The summed E-state index contributed by atoms with van der Waals surface area (Å²) in [4.78, 5) is 18.8. The van der Waals surface area contributed by atoms with Crippen molar-refractivity contribution in [2.45, 2.75) is 11.7 Å². The molecule has 4 nitrogen and oxygen atoms in total. The zero-order valence-corrected chi connectivity index (χ0v) is 15.6. The van der Waals surface area contributed by atoms with E-state index in [4.69, 9.17) is 11.6 Å². The number of nitrogens with zero attached hydrogens (tertiary/aromatic N) is 3. The van der Waals surface area contributed by atoms with Gasteiger partial charge in [0.2, 0.25) is 0 Å². The highest BCUT2D eigenvalue weighted by Gasteiger charge is 2.14. The minimum atomic E-state index is -0.0485. The molecule has 0 aliphatic carbocycles. The smallest absolute Gasteiger partial charge is 0.253 e. The molecule has 3 rings (SSSR count). The highest BCUT2D eigenvalue weighted by molar-refractivity contribution is 7.98. The molecule has 2 aromatic carbocycles. The fourth-order valence-electron chi connectivity index (χ4n) is 2.60. The predicted molar refractivity (Wildman–Crippen MR) is 103 cm³/mol. The fraction of sp³-hybridized carbons (Fsp3) is 0.158. The second kappa shape index (κ2) is 7.76. The largest absolute Gasteiger partial charge is 0.337 e. The van der Waals surface area contributed by atoms with Crippen LogP contribution in [0.15, 0.2) is 66.1 Å². The number of benzene rings is 2. The summed E-state index contributed by atoms with van der Waals surface area (Å²) in [6, 6.07) is 15.1. The van der Waals surface area contributed by atoms with Gasteiger partial charge in [0.1, 0.15) is 0 Å². The van der Waals surface area contributed by atoms with Gasteiger partial charge in [0, 0.05) is 42.3 Å². The van der Waals surface area contributed by atoms with E-state index in [0.717, 1.165) is 16.4 Å². The van der Waals surface area contributed by atoms with E-state index in [1.54, 1.807) is 29.9 Å². The van der Waals surface area contributed by atoms with Gasteiger partial charge in [0.05, 0.1) is 0 Å². The standard InChI is InChI=1S/C19H18ClN3OS/c1-22(13-15-6-3-4-9-17(15)20)18(24)14-7-5-8-16(12-14)23-11-10-21-19(23)25-2/h3-12H,13H2,1-2H3. The molecule has 0 bridgehead atoms. The van der Waals surface area contributed by atoms with Crippen LogP contribution in [0.3, 0.4) is 0 Å². The van der Waals surface area contributed by atoms with Crippen molar-refractivity contribution in [2.75, 3.05) is 13.3 Å². The first-order valence-corrected chi connectivity index (χ1v) is 9.37. The quantitative estimate of drug-likeness (QED) is 0.619. The van der Waals surface area contributed by atoms with E-state index in [0.29, 0.717) is 17.1 Å². The van der Waals surface area contributed by atoms with Gasteiger partial charge >= 0.3 is 0 Å². The zero-order valence-electron chi connectivity index (χ0n) is 14.0. The van der Waals surface area contributed by atoms with Crippen molar-refractivity contribution in [1.82, 2.24) is 14.5 Å². The number of carbonyl (C=O) groups is 1. The minimum Gasteiger partial charge on any atom is -0.337 e. The molecule has 6 heteroatoms. The monoisotopic (exact) mass is 371 g/mol. The number of aromatic nitrogens is 2. The lowest BCUT2D eigenvalue weighted by Crippen LogP contribution is -2.26. The summed E-state index contributed by atoms with van der Waals surface area (Å²) in [6.07, 6.45) is 5.62. The van der Waals surface area contributed by atoms with Gasteiger partial charge in [0.25, 0.3) is 5.91 Å². The molecule has 0 aliphatic heterocycles. The minimum absolute atomic E-state index is 0.0485. The van der Waals surface area contributed by atoms with Crippen molar-refractivity contribution >= 4 is 29.3 Å². The summed E-state index contributed by atoms with van der Waals surface area (Å²) in [5.41, 5.74) is 2.47. The number of amides is 1. The van der Waals surface area contributed by atoms with E-state index in [9.17, 15) is 4.79 Å². The van der Waals surface area contributed by atoms with Gasteiger partial charge in [-0.1, -0.05) is 47.6 Å². The van der Waals surface area contributed by atoms with Crippen LogP contribution in [0.25, 0.3) is 5.69 Å². The van der Waals surface area contributed by atoms with Crippen LogP contribution < -0.4 is 0 Å². The Bertz CT molecular complexity index is 894. The third-order valence-electron chi connectivity index (χ3n) is 3.87. The van der Waals surface area contributed by atoms with Gasteiger partial charge in [0.15, 0.2) is 5.16 Å². The molecule has 3 aromatic rings. The Morgan fingerprint density at radius 3 is 2.80 bits per heavy atom. The molecular formula is C19H18ClN3OS. The highest BCUT2D eigenvalue weighted by atomic mass is 35.5. The molecule has 0 unspecified atom stereocenters. The van der Waals surface area contributed by atoms with Crippen LogP contribution >= 0.6 is 23.4 Å². The Morgan fingerprint density at radius 2 is 2.04 bits per heavy atom. The molecule has 0 saturated carbocycles. The summed E-state index contributed by atoms with van der Waals surface area (Å²) in [5.74, 6) is -0.0485. The van der Waals surface area contributed by atoms with Crippen LogP contribution in [0.4, 0.5) is 0 Å². The average molecular weight is 372 g/mol. The van der Waals surface area contributed by atoms with E-state index < -0.39 is 0 Å². The van der Waals surface area contributed by atoms with Crippen LogP contribution in [0, 0.1) is 0 Å². The number of hydrogen-bond acceptors (Lipinski definition) is 3. The molecule has 0 radical (unpaired) electrons. The molecule has 0 fully saturated rings. The highest BCUT2D eigenvalue weighted by Crippen LogP contribution is 2.21. The van der Waals surface area contributed by atoms with Gasteiger partial charge in [-0.3, -0.25) is 9.36 Å². The first kappa shape index (κ1) is 17.6. The molecule has 1 amide bonds. The molecule has 0 saturated heterocycles. The molecule has 0 N–H and O–H groups in total. The molecular weight excluding hydrogens is 354 g/mol. The summed E-state index contributed by atoms with van der Waals surface area (Å²) in [5, 5.41) is 1.55. The van der Waals surface area contributed by atoms with Crippen molar-refractivity contribution in [3.8, 4) is 5.69 Å². The molecule has 1 aromatic heterocycles. The maximum absolute atomic E-state index is 12.8. The van der Waals surface area contributed by atoms with Crippen molar-refractivity contribution in [2.24, 2.45) is 0 Å². The van der Waals surface area contributed by atoms with Crippen LogP contribution in [-0.2, 0) is 6.54 Å². The summed E-state index contributed by atoms with van der Waals surface area (Å²) < 4.78 is 1.97. The van der Waals surface area contributed by atoms with E-state index in [1.165, 1.54) is 0 Å². The average Bonchev–Trinajstić information content (AvgIpc) is 3.12. The number of thioether (sulfide) groups is 1. The van der Waals surface area contributed by atoms with Gasteiger partial charge in [-0.15, -0.1) is 0 Å². The molecule has 25 heavy (non-hydrogen) atoms. The number of hydrogen-bond donors (Lipinski definition) is 0. The number of halogens is 1. The van der Waals surface area contributed by atoms with Gasteiger partial charge in [-0.2, -0.15) is 0 Å². The normalized spacial score (nSPS) is 10.7. The molecule has 0 aliphatic rings. The lowest BCUT2D eigenvalue weighted by molar-refractivity contribution is 0.0785. The second-order valence-corrected chi connectivity index (χ2v) is 6.77. The first-order chi connectivity index (χ1) is 12.1. The maximum atomic E-state index is 12.8. The van der Waals surface area contributed by atoms with Crippen molar-refractivity contribution in [3.63, 3.8) is 0 Å². The third-order valence-corrected chi connectivity index (χ3v) is 4.91. The maximum Gasteiger partial charge on any atom is 0.253 e. The third kappa shape index (κ3) is 3.89. The Labute approximate surface area is 156 Å². The molecule has 0 atom stereocenters. The van der Waals surface area contributed by atoms with Gasteiger partial charge in [-0.05, 0) is 36.1 Å². The van der Waals surface area contributed by atoms with Crippen molar-refractivity contribution in [3.05, 3.63) is 77.1 Å². The number of rotatable bonds is 5. The van der Waals surface area contributed by atoms with E-state index >= 15 is 0 Å². The van der Waals surface area contributed by atoms with Crippen LogP contribution in [-0.4, -0.2) is 33.7 Å².